The van der Waals surface area contributed by atoms with E-state index in [-0.39, 0.29) is 24.8 Å². The fourth-order valence-corrected chi connectivity index (χ4v) is 5.71. The van der Waals surface area contributed by atoms with Gasteiger partial charge in [0.2, 0.25) is 5.91 Å². The zero-order chi connectivity index (χ0) is 34.2. The molecule has 250 valence electrons. The van der Waals surface area contributed by atoms with Gasteiger partial charge >= 0.3 is 6.03 Å². The highest BCUT2D eigenvalue weighted by Crippen LogP contribution is 2.43. The number of nitrogens with two attached hydrogens (primary N) is 1. The molecule has 0 bridgehead atoms. The van der Waals surface area contributed by atoms with E-state index in [0.29, 0.717) is 80.2 Å². The molecule has 4 rings (SSSR count). The van der Waals surface area contributed by atoms with Gasteiger partial charge in [-0.05, 0) is 52.7 Å². The van der Waals surface area contributed by atoms with Gasteiger partial charge in [0.1, 0.15) is 11.2 Å². The van der Waals surface area contributed by atoms with E-state index in [2.05, 4.69) is 21.2 Å². The number of urea groups is 1. The van der Waals surface area contributed by atoms with Crippen LogP contribution in [0.1, 0.15) is 21.6 Å². The summed E-state index contributed by atoms with van der Waals surface area (Å²) in [5.41, 5.74) is 8.73. The molecule has 0 saturated heterocycles. The minimum atomic E-state index is -0.849. The molecular formula is C32H35BrCl2N6O6. The fourth-order valence-electron chi connectivity index (χ4n) is 4.84. The Morgan fingerprint density at radius 3 is 2.30 bits per heavy atom. The molecule has 0 aliphatic carbocycles. The van der Waals surface area contributed by atoms with Crippen molar-refractivity contribution < 1.29 is 28.6 Å². The summed E-state index contributed by atoms with van der Waals surface area (Å²) < 4.78 is 19.3. The summed E-state index contributed by atoms with van der Waals surface area (Å²) in [6, 6.07) is 11.3. The van der Waals surface area contributed by atoms with Gasteiger partial charge < -0.3 is 35.1 Å². The summed E-state index contributed by atoms with van der Waals surface area (Å²) >= 11 is 16.6. The maximum absolute atomic E-state index is 13.7. The lowest BCUT2D eigenvalue weighted by Gasteiger charge is -2.26. The van der Waals surface area contributed by atoms with Crippen LogP contribution in [0.15, 0.2) is 53.3 Å². The van der Waals surface area contributed by atoms with E-state index in [1.807, 2.05) is 13.0 Å². The molecule has 0 spiro atoms. The number of primary amides is 1. The molecule has 2 heterocycles. The van der Waals surface area contributed by atoms with Crippen molar-refractivity contribution in [3.8, 4) is 16.9 Å². The molecule has 4 aromatic rings. The number of aryl methyl sites for hydroxylation is 1. The molecule has 0 aliphatic rings. The summed E-state index contributed by atoms with van der Waals surface area (Å²) in [4.78, 5) is 46.4. The average Bonchev–Trinajstić information content (AvgIpc) is 3.34. The van der Waals surface area contributed by atoms with Crippen LogP contribution in [0.3, 0.4) is 0 Å². The number of nitrogens with one attached hydrogen (secondary N) is 1. The van der Waals surface area contributed by atoms with Gasteiger partial charge in [0.05, 0.1) is 31.1 Å². The number of halogens is 3. The van der Waals surface area contributed by atoms with Crippen molar-refractivity contribution in [1.29, 1.82) is 0 Å². The third-order valence-electron chi connectivity index (χ3n) is 7.33. The van der Waals surface area contributed by atoms with E-state index in [9.17, 15) is 14.4 Å². The van der Waals surface area contributed by atoms with Gasteiger partial charge in [-0.1, -0.05) is 41.4 Å². The number of hydrogen-bond acceptors (Lipinski definition) is 7. The second-order valence-corrected chi connectivity index (χ2v) is 12.0. The van der Waals surface area contributed by atoms with Crippen molar-refractivity contribution in [1.82, 2.24) is 19.6 Å². The van der Waals surface area contributed by atoms with Gasteiger partial charge in [-0.15, -0.1) is 0 Å². The highest BCUT2D eigenvalue weighted by atomic mass is 79.9. The molecule has 12 nitrogen and oxygen atoms in total. The lowest BCUT2D eigenvalue weighted by molar-refractivity contribution is -0.117. The zero-order valence-electron chi connectivity index (χ0n) is 26.3. The van der Waals surface area contributed by atoms with Gasteiger partial charge in [0.15, 0.2) is 11.4 Å². The predicted octanol–water partition coefficient (Wildman–Crippen LogP) is 5.32. The van der Waals surface area contributed by atoms with Crippen LogP contribution >= 0.6 is 39.1 Å². The second kappa shape index (κ2) is 16.3. The summed E-state index contributed by atoms with van der Waals surface area (Å²) in [6.07, 6.45) is 1.80. The van der Waals surface area contributed by atoms with Crippen LogP contribution in [0.5, 0.6) is 5.75 Å². The number of benzene rings is 2. The van der Waals surface area contributed by atoms with Crippen molar-refractivity contribution >= 4 is 68.3 Å². The standard InChI is InChI=1S/C32H35BrCl2N6O6/c1-19-29(33)41-17-22(20-7-5-8-21(15-20)31(43)40(11-13-45-3)12-14-46-4)27(39(2)26(42)16-37-32(36)44)28(30(41)38-19)47-18-23-24(34)9-6-10-25(23)35/h5-10,15,17H,11-14,16,18H2,1-4H3,(H3,36,37,44). The number of carbonyl (C=O) groups is 3. The van der Waals surface area contributed by atoms with Crippen molar-refractivity contribution in [2.24, 2.45) is 5.73 Å². The molecule has 0 fully saturated rings. The second-order valence-electron chi connectivity index (χ2n) is 10.4. The summed E-state index contributed by atoms with van der Waals surface area (Å²) in [5, 5.41) is 3.15. The minimum absolute atomic E-state index is 0.0534. The van der Waals surface area contributed by atoms with Crippen LogP contribution in [0.25, 0.3) is 16.8 Å². The first kappa shape index (κ1) is 36.0. The molecule has 0 atom stereocenters. The van der Waals surface area contributed by atoms with Crippen LogP contribution in [-0.2, 0) is 20.9 Å². The third kappa shape index (κ3) is 8.35. The molecule has 0 saturated carbocycles. The fraction of sp³-hybridized carbons (Fsp3) is 0.312. The predicted molar refractivity (Wildman–Crippen MR) is 185 cm³/mol. The van der Waals surface area contributed by atoms with Crippen LogP contribution in [0.4, 0.5) is 10.5 Å². The van der Waals surface area contributed by atoms with Crippen LogP contribution < -0.4 is 20.7 Å². The first-order chi connectivity index (χ1) is 22.5. The van der Waals surface area contributed by atoms with E-state index in [1.165, 1.54) is 4.90 Å². The van der Waals surface area contributed by atoms with Gasteiger partial charge in [-0.2, -0.15) is 0 Å². The number of anilines is 1. The molecule has 47 heavy (non-hydrogen) atoms. The van der Waals surface area contributed by atoms with Crippen molar-refractivity contribution in [3.63, 3.8) is 0 Å². The number of pyridine rings is 1. The number of ether oxygens (including phenoxy) is 3. The van der Waals surface area contributed by atoms with Crippen LogP contribution in [-0.4, -0.2) is 86.2 Å². The van der Waals surface area contributed by atoms with Gasteiger partial charge in [-0.25, -0.2) is 9.78 Å². The number of methoxy groups -OCH3 is 2. The molecule has 4 amide bonds. The van der Waals surface area contributed by atoms with Gasteiger partial charge in [-0.3, -0.25) is 14.0 Å². The molecule has 2 aromatic heterocycles. The summed E-state index contributed by atoms with van der Waals surface area (Å²) in [7, 11) is 4.69. The summed E-state index contributed by atoms with van der Waals surface area (Å²) in [6.45, 7) is 2.84. The Kier molecular flexibility index (Phi) is 12.5. The number of rotatable bonds is 14. The Morgan fingerprint density at radius 1 is 1.04 bits per heavy atom. The highest BCUT2D eigenvalue weighted by Gasteiger charge is 2.27. The number of fused-ring (bicyclic) bond motifs is 1. The average molecular weight is 750 g/mol. The van der Waals surface area contributed by atoms with Crippen LogP contribution in [0, 0.1) is 6.92 Å². The smallest absolute Gasteiger partial charge is 0.312 e. The Bertz CT molecular complexity index is 1760. The maximum Gasteiger partial charge on any atom is 0.312 e. The number of aromatic nitrogens is 2. The minimum Gasteiger partial charge on any atom is -0.483 e. The number of hydrogen-bond donors (Lipinski definition) is 2. The van der Waals surface area contributed by atoms with E-state index < -0.39 is 11.9 Å². The van der Waals surface area contributed by atoms with Gasteiger partial charge in [0.25, 0.3) is 5.91 Å². The first-order valence-electron chi connectivity index (χ1n) is 14.4. The highest BCUT2D eigenvalue weighted by molar-refractivity contribution is 9.10. The number of carbonyl (C=O) groups excluding carboxylic acids is 3. The molecule has 3 N–H and O–H groups in total. The largest absolute Gasteiger partial charge is 0.483 e. The number of nitrogens with zero attached hydrogens (tertiary/aromatic N) is 4. The van der Waals surface area contributed by atoms with E-state index >= 15 is 0 Å². The monoisotopic (exact) mass is 748 g/mol. The number of likely N-dealkylation sites (N-methyl/N-ethyl adjacent to an activating group) is 1. The normalized spacial score (nSPS) is 11.0. The Labute approximate surface area is 290 Å². The number of imidazole rings is 1. The molecule has 15 heteroatoms. The van der Waals surface area contributed by atoms with E-state index in [4.69, 9.17) is 48.1 Å². The Morgan fingerprint density at radius 2 is 1.68 bits per heavy atom. The first-order valence-corrected chi connectivity index (χ1v) is 16.0. The molecule has 0 aliphatic heterocycles. The van der Waals surface area contributed by atoms with Crippen molar-refractivity contribution in [2.75, 3.05) is 59.0 Å². The molecular weight excluding hydrogens is 715 g/mol. The van der Waals surface area contributed by atoms with Gasteiger partial charge in [0, 0.05) is 67.3 Å². The Hall–Kier alpha value is -3.88. The molecule has 0 unspecified atom stereocenters. The van der Waals surface area contributed by atoms with E-state index in [1.54, 1.807) is 73.2 Å². The Balaban J connectivity index is 1.93. The SMILES string of the molecule is COCCN(CCOC)C(=O)c1cccc(-c2cn3c(Br)c(C)nc3c(OCc3c(Cl)cccc3Cl)c2N(C)C(=O)CNC(N)=O)c1. The topological polar surface area (TPSA) is 141 Å². The van der Waals surface area contributed by atoms with Crippen LogP contribution in [0.2, 0.25) is 10.0 Å². The van der Waals surface area contributed by atoms with Crippen molar-refractivity contribution in [2.45, 2.75) is 13.5 Å². The van der Waals surface area contributed by atoms with Crippen molar-refractivity contribution in [3.05, 3.63) is 80.1 Å². The quantitative estimate of drug-likeness (QED) is 0.178. The third-order valence-corrected chi connectivity index (χ3v) is 8.99. The lowest BCUT2D eigenvalue weighted by atomic mass is 10.0. The summed E-state index contributed by atoms with van der Waals surface area (Å²) in [5.74, 6) is -0.473. The molecule has 2 aromatic carbocycles. The zero-order valence-corrected chi connectivity index (χ0v) is 29.4. The number of amides is 4. The molecule has 0 radical (unpaired) electrons. The maximum atomic E-state index is 13.7. The van der Waals surface area contributed by atoms with E-state index in [0.717, 1.165) is 0 Å². The lowest BCUT2D eigenvalue weighted by Crippen LogP contribution is -2.40.